The predicted molar refractivity (Wildman–Crippen MR) is 131 cm³/mol. The summed E-state index contributed by atoms with van der Waals surface area (Å²) < 4.78 is 31.1. The molecule has 0 aliphatic heterocycles. The summed E-state index contributed by atoms with van der Waals surface area (Å²) in [4.78, 5) is 12.3. The molecule has 0 saturated heterocycles. The molecule has 5 aromatic rings. The number of hydrogen-bond acceptors (Lipinski definition) is 5. The number of benzene rings is 2. The zero-order valence-corrected chi connectivity index (χ0v) is 19.0. The second-order valence-electron chi connectivity index (χ2n) is 7.84. The van der Waals surface area contributed by atoms with Gasteiger partial charge < -0.3 is 9.72 Å². The Morgan fingerprint density at radius 2 is 1.82 bits per heavy atom. The summed E-state index contributed by atoms with van der Waals surface area (Å²) in [5.41, 5.74) is 6.51. The van der Waals surface area contributed by atoms with Gasteiger partial charge in [0.25, 0.3) is 0 Å². The van der Waals surface area contributed by atoms with Crippen LogP contribution in [0.2, 0.25) is 0 Å². The van der Waals surface area contributed by atoms with Gasteiger partial charge in [-0.15, -0.1) is 0 Å². The molecule has 7 nitrogen and oxygen atoms in total. The molecule has 0 aliphatic carbocycles. The van der Waals surface area contributed by atoms with Crippen molar-refractivity contribution in [1.29, 1.82) is 0 Å². The monoisotopic (exact) mass is 458 g/mol. The van der Waals surface area contributed by atoms with E-state index in [-0.39, 0.29) is 6.54 Å². The first-order chi connectivity index (χ1) is 15.9. The fourth-order valence-electron chi connectivity index (χ4n) is 4.01. The van der Waals surface area contributed by atoms with Crippen LogP contribution in [0.25, 0.3) is 44.2 Å². The number of aromatic nitrogens is 3. The third-order valence-corrected chi connectivity index (χ3v) is 6.24. The highest BCUT2D eigenvalue weighted by atomic mass is 32.2. The first-order valence-corrected chi connectivity index (χ1v) is 12.2. The lowest BCUT2D eigenvalue weighted by molar-refractivity contribution is 0.417. The van der Waals surface area contributed by atoms with Crippen LogP contribution in [0.15, 0.2) is 73.2 Å². The number of aromatic amines is 1. The van der Waals surface area contributed by atoms with Gasteiger partial charge in [-0.05, 0) is 41.5 Å². The molecule has 5 rings (SSSR count). The van der Waals surface area contributed by atoms with E-state index < -0.39 is 10.0 Å². The van der Waals surface area contributed by atoms with Crippen molar-refractivity contribution in [2.45, 2.75) is 6.54 Å². The molecule has 0 bridgehead atoms. The minimum atomic E-state index is -3.25. The molecule has 0 unspecified atom stereocenters. The van der Waals surface area contributed by atoms with Gasteiger partial charge in [0.05, 0.1) is 30.8 Å². The molecule has 166 valence electrons. The van der Waals surface area contributed by atoms with Crippen molar-refractivity contribution >= 4 is 31.8 Å². The minimum absolute atomic E-state index is 0.244. The Labute approximate surface area is 191 Å². The summed E-state index contributed by atoms with van der Waals surface area (Å²) >= 11 is 0. The van der Waals surface area contributed by atoms with Gasteiger partial charge in [0.2, 0.25) is 10.0 Å². The number of rotatable bonds is 6. The Balaban J connectivity index is 1.67. The summed E-state index contributed by atoms with van der Waals surface area (Å²) in [6.07, 6.45) is 6.53. The summed E-state index contributed by atoms with van der Waals surface area (Å²) in [6, 6.07) is 17.7. The van der Waals surface area contributed by atoms with Crippen molar-refractivity contribution in [1.82, 2.24) is 19.7 Å². The standard InChI is InChI=1S/C25H22N4O3S/c1-32-23-10-9-20-25(24(23)17-7-5-16(6-8-17)13-28-33(2,30)31)19-12-21(27-15-22(19)29-20)18-4-3-11-26-14-18/h3-12,14-15,28-29H,13H2,1-2H3. The number of nitrogens with one attached hydrogen (secondary N) is 2. The largest absolute Gasteiger partial charge is 0.496 e. The van der Waals surface area contributed by atoms with Gasteiger partial charge in [0.15, 0.2) is 0 Å². The molecule has 0 spiro atoms. The Kier molecular flexibility index (Phi) is 5.32. The summed E-state index contributed by atoms with van der Waals surface area (Å²) in [6.45, 7) is 0.244. The maximum Gasteiger partial charge on any atom is 0.209 e. The zero-order chi connectivity index (χ0) is 23.0. The number of hydrogen-bond donors (Lipinski definition) is 2. The van der Waals surface area contributed by atoms with E-state index in [0.29, 0.717) is 0 Å². The van der Waals surface area contributed by atoms with E-state index in [9.17, 15) is 8.42 Å². The van der Waals surface area contributed by atoms with Crippen molar-refractivity contribution in [3.05, 3.63) is 78.8 Å². The molecule has 3 heterocycles. The van der Waals surface area contributed by atoms with Gasteiger partial charge in [-0.25, -0.2) is 13.1 Å². The SMILES string of the molecule is COc1ccc2[nH]c3cnc(-c4cccnc4)cc3c2c1-c1ccc(CNS(C)(=O)=O)cc1. The molecule has 33 heavy (non-hydrogen) atoms. The van der Waals surface area contributed by atoms with Crippen LogP contribution in [0.5, 0.6) is 5.75 Å². The summed E-state index contributed by atoms with van der Waals surface area (Å²) in [7, 11) is -1.59. The highest BCUT2D eigenvalue weighted by Crippen LogP contribution is 2.41. The van der Waals surface area contributed by atoms with Crippen LogP contribution < -0.4 is 9.46 Å². The summed E-state index contributed by atoms with van der Waals surface area (Å²) in [5, 5.41) is 2.08. The molecule has 0 aliphatic rings. The number of ether oxygens (including phenoxy) is 1. The van der Waals surface area contributed by atoms with E-state index in [2.05, 4.69) is 25.7 Å². The molecule has 3 aromatic heterocycles. The van der Waals surface area contributed by atoms with Gasteiger partial charge in [-0.3, -0.25) is 9.97 Å². The molecule has 0 atom stereocenters. The molecule has 0 fully saturated rings. The van der Waals surface area contributed by atoms with Gasteiger partial charge in [0.1, 0.15) is 5.75 Å². The van der Waals surface area contributed by atoms with E-state index in [1.807, 2.05) is 54.7 Å². The molecule has 0 saturated carbocycles. The van der Waals surface area contributed by atoms with Crippen molar-refractivity contribution < 1.29 is 13.2 Å². The Bertz CT molecular complexity index is 1560. The lowest BCUT2D eigenvalue weighted by Crippen LogP contribution is -2.21. The normalized spacial score (nSPS) is 11.8. The Morgan fingerprint density at radius 1 is 1.00 bits per heavy atom. The first kappa shape index (κ1) is 21.1. The van der Waals surface area contributed by atoms with Crippen LogP contribution >= 0.6 is 0 Å². The highest BCUT2D eigenvalue weighted by Gasteiger charge is 2.17. The summed E-state index contributed by atoms with van der Waals surface area (Å²) in [5.74, 6) is 0.755. The average molecular weight is 459 g/mol. The number of nitrogens with zero attached hydrogens (tertiary/aromatic N) is 2. The Morgan fingerprint density at radius 3 is 2.52 bits per heavy atom. The van der Waals surface area contributed by atoms with Crippen LogP contribution in [0.3, 0.4) is 0 Å². The Hall–Kier alpha value is -3.75. The lowest BCUT2D eigenvalue weighted by atomic mass is 9.97. The second-order valence-corrected chi connectivity index (χ2v) is 9.67. The van der Waals surface area contributed by atoms with Gasteiger partial charge in [-0.1, -0.05) is 24.3 Å². The third kappa shape index (κ3) is 4.18. The van der Waals surface area contributed by atoms with Crippen molar-refractivity contribution in [2.75, 3.05) is 13.4 Å². The van der Waals surface area contributed by atoms with Gasteiger partial charge in [0, 0.05) is 46.4 Å². The molecule has 0 amide bonds. The van der Waals surface area contributed by atoms with Crippen molar-refractivity contribution in [3.8, 4) is 28.1 Å². The van der Waals surface area contributed by atoms with E-state index in [1.165, 1.54) is 0 Å². The molecule has 0 radical (unpaired) electrons. The van der Waals surface area contributed by atoms with Crippen molar-refractivity contribution in [2.24, 2.45) is 0 Å². The number of fused-ring (bicyclic) bond motifs is 3. The molecule has 2 aromatic carbocycles. The number of pyridine rings is 2. The maximum atomic E-state index is 11.4. The first-order valence-electron chi connectivity index (χ1n) is 10.4. The van der Waals surface area contributed by atoms with Crippen LogP contribution in [-0.4, -0.2) is 36.7 Å². The fourth-order valence-corrected chi connectivity index (χ4v) is 4.44. The van der Waals surface area contributed by atoms with Crippen LogP contribution in [0, 0.1) is 0 Å². The maximum absolute atomic E-state index is 11.4. The topological polar surface area (TPSA) is 97.0 Å². The van der Waals surface area contributed by atoms with E-state index in [0.717, 1.165) is 61.8 Å². The fraction of sp³-hybridized carbons (Fsp3) is 0.120. The zero-order valence-electron chi connectivity index (χ0n) is 18.2. The number of sulfonamides is 1. The van der Waals surface area contributed by atoms with Gasteiger partial charge in [-0.2, -0.15) is 0 Å². The van der Waals surface area contributed by atoms with Crippen LogP contribution in [0.1, 0.15) is 5.56 Å². The predicted octanol–water partition coefficient (Wildman–Crippen LogP) is 4.50. The second kappa shape index (κ2) is 8.31. The molecule has 2 N–H and O–H groups in total. The van der Waals surface area contributed by atoms with Crippen LogP contribution in [0.4, 0.5) is 0 Å². The minimum Gasteiger partial charge on any atom is -0.496 e. The quantitative estimate of drug-likeness (QED) is 0.390. The molecular weight excluding hydrogens is 436 g/mol. The third-order valence-electron chi connectivity index (χ3n) is 5.57. The molecule has 8 heteroatoms. The van der Waals surface area contributed by atoms with E-state index in [4.69, 9.17) is 4.74 Å². The number of methoxy groups -OCH3 is 1. The van der Waals surface area contributed by atoms with Crippen LogP contribution in [-0.2, 0) is 16.6 Å². The van der Waals surface area contributed by atoms with E-state index >= 15 is 0 Å². The number of H-pyrrole nitrogens is 1. The van der Waals surface area contributed by atoms with E-state index in [1.54, 1.807) is 19.5 Å². The van der Waals surface area contributed by atoms with Gasteiger partial charge >= 0.3 is 0 Å². The highest BCUT2D eigenvalue weighted by molar-refractivity contribution is 7.88. The molecular formula is C25H22N4O3S. The average Bonchev–Trinajstić information content (AvgIpc) is 3.20. The van der Waals surface area contributed by atoms with Crippen molar-refractivity contribution in [3.63, 3.8) is 0 Å². The lowest BCUT2D eigenvalue weighted by Gasteiger charge is -2.12. The smallest absolute Gasteiger partial charge is 0.209 e.